The molecule has 2 heterocycles. The molecule has 1 aromatic heterocycles. The van der Waals surface area contributed by atoms with E-state index in [0.29, 0.717) is 43.5 Å². The second-order valence-electron chi connectivity index (χ2n) is 11.4. The maximum Gasteiger partial charge on any atom is 0.573 e. The van der Waals surface area contributed by atoms with E-state index in [0.717, 1.165) is 22.8 Å². The number of piperidine rings is 1. The van der Waals surface area contributed by atoms with Crippen molar-refractivity contribution < 1.29 is 50.1 Å². The molecule has 0 bridgehead atoms. The number of fused-ring (bicyclic) bond motifs is 1. The molecule has 4 aromatic rings. The number of rotatable bonds is 13. The summed E-state index contributed by atoms with van der Waals surface area (Å²) >= 11 is 5.93. The Hall–Kier alpha value is -4.86. The molecule has 50 heavy (non-hydrogen) atoms. The van der Waals surface area contributed by atoms with Crippen molar-refractivity contribution in [3.8, 4) is 23.0 Å². The van der Waals surface area contributed by atoms with E-state index in [2.05, 4.69) is 4.74 Å². The summed E-state index contributed by atoms with van der Waals surface area (Å²) in [5.74, 6) is -1.73. The molecule has 0 aliphatic carbocycles. The molecule has 17 heteroatoms. The highest BCUT2D eigenvalue weighted by atomic mass is 35.5. The van der Waals surface area contributed by atoms with Gasteiger partial charge in [0.1, 0.15) is 25.7 Å². The molecule has 0 spiro atoms. The van der Waals surface area contributed by atoms with Gasteiger partial charge in [-0.1, -0.05) is 23.7 Å². The van der Waals surface area contributed by atoms with Gasteiger partial charge in [-0.3, -0.25) is 18.7 Å². The summed E-state index contributed by atoms with van der Waals surface area (Å²) in [5.41, 5.74) is -0.772. The molecular weight excluding hydrogens is 700 g/mol. The number of carbonyl (C=O) groups excluding carboxylic acids is 1. The van der Waals surface area contributed by atoms with Gasteiger partial charge >= 0.3 is 12.1 Å². The van der Waals surface area contributed by atoms with Crippen LogP contribution in [0.3, 0.4) is 0 Å². The first-order valence-corrected chi connectivity index (χ1v) is 15.5. The topological polar surface area (TPSA) is 101 Å². The van der Waals surface area contributed by atoms with Crippen LogP contribution >= 0.6 is 11.6 Å². The number of hydrogen-bond acceptors (Lipinski definition) is 7. The van der Waals surface area contributed by atoms with Crippen LogP contribution in [0.4, 0.5) is 26.3 Å². The molecular formula is C33H30ClF6N3O7. The monoisotopic (exact) mass is 729 g/mol. The SMILES string of the molecule is COc1cc(Cn2c(=O)c3cc(OC(CF)CF)c(F)cc3n(C3CCN(C=O)CC3)c2=O)ccc1OCc1ccc(OC(F)(F)F)c(Cl)c1. The summed E-state index contributed by atoms with van der Waals surface area (Å²) in [7, 11) is 1.35. The first-order chi connectivity index (χ1) is 23.8. The lowest BCUT2D eigenvalue weighted by Gasteiger charge is -2.31. The number of alkyl halides is 5. The standard InChI is InChI=1S/C33H30ClF6N3O7/c1-47-30-11-19(2-5-28(30)48-17-20-3-4-27(24(34)10-20)50-33(38,39)40)16-42-31(45)23-12-29(49-22(14-35)15-36)25(37)13-26(23)43(32(42)46)21-6-8-41(18-44)9-7-21/h2-5,10-13,18,21-22H,6-9,14-17H2,1H3. The third-order valence-corrected chi connectivity index (χ3v) is 8.35. The smallest absolute Gasteiger partial charge is 0.493 e. The van der Waals surface area contributed by atoms with Crippen molar-refractivity contribution in [2.24, 2.45) is 0 Å². The molecule has 1 saturated heterocycles. The minimum atomic E-state index is -4.91. The number of likely N-dealkylation sites (tertiary alicyclic amines) is 1. The highest BCUT2D eigenvalue weighted by Crippen LogP contribution is 2.33. The van der Waals surface area contributed by atoms with Crippen molar-refractivity contribution in [3.63, 3.8) is 0 Å². The zero-order chi connectivity index (χ0) is 36.2. The Kier molecular flexibility index (Phi) is 11.2. The van der Waals surface area contributed by atoms with Crippen LogP contribution in [0.1, 0.15) is 30.0 Å². The lowest BCUT2D eigenvalue weighted by atomic mass is 10.0. The molecule has 0 atom stereocenters. The van der Waals surface area contributed by atoms with Crippen LogP contribution in [-0.2, 0) is 17.9 Å². The van der Waals surface area contributed by atoms with Crippen molar-refractivity contribution in [1.82, 2.24) is 14.0 Å². The van der Waals surface area contributed by atoms with Gasteiger partial charge in [-0.25, -0.2) is 18.0 Å². The molecule has 1 amide bonds. The van der Waals surface area contributed by atoms with Gasteiger partial charge in [-0.05, 0) is 54.3 Å². The number of ether oxygens (including phenoxy) is 4. The Morgan fingerprint density at radius 1 is 0.940 bits per heavy atom. The van der Waals surface area contributed by atoms with E-state index in [1.165, 1.54) is 40.8 Å². The lowest BCUT2D eigenvalue weighted by Crippen LogP contribution is -2.44. The Morgan fingerprint density at radius 3 is 2.24 bits per heavy atom. The molecule has 268 valence electrons. The first kappa shape index (κ1) is 36.4. The van der Waals surface area contributed by atoms with Crippen molar-refractivity contribution in [1.29, 1.82) is 0 Å². The van der Waals surface area contributed by atoms with Crippen LogP contribution in [0.25, 0.3) is 10.9 Å². The van der Waals surface area contributed by atoms with Crippen molar-refractivity contribution in [2.45, 2.75) is 44.5 Å². The predicted octanol–water partition coefficient (Wildman–Crippen LogP) is 5.97. The normalized spacial score (nSPS) is 13.9. The minimum absolute atomic E-state index is 0.0397. The van der Waals surface area contributed by atoms with Gasteiger partial charge in [0.05, 0.1) is 29.6 Å². The van der Waals surface area contributed by atoms with Crippen molar-refractivity contribution >= 4 is 28.9 Å². The Labute approximate surface area is 285 Å². The number of aromatic nitrogens is 2. The molecule has 1 aliphatic heterocycles. The van der Waals surface area contributed by atoms with Gasteiger partial charge in [0, 0.05) is 25.2 Å². The fourth-order valence-corrected chi connectivity index (χ4v) is 5.85. The average molecular weight is 730 g/mol. The summed E-state index contributed by atoms with van der Waals surface area (Å²) in [6.45, 7) is -2.26. The summed E-state index contributed by atoms with van der Waals surface area (Å²) in [6.07, 6.45) is -5.16. The number of methoxy groups -OCH3 is 1. The Bertz CT molecular complexity index is 1970. The van der Waals surface area contributed by atoms with Crippen molar-refractivity contribution in [3.05, 3.63) is 91.3 Å². The number of nitrogens with zero attached hydrogens (tertiary/aromatic N) is 3. The van der Waals surface area contributed by atoms with Crippen LogP contribution in [0.5, 0.6) is 23.0 Å². The average Bonchev–Trinajstić information content (AvgIpc) is 3.09. The van der Waals surface area contributed by atoms with Crippen LogP contribution in [0, 0.1) is 5.82 Å². The third kappa shape index (κ3) is 8.12. The van der Waals surface area contributed by atoms with Crippen LogP contribution in [-0.4, -0.2) is 66.5 Å². The van der Waals surface area contributed by atoms with Gasteiger partial charge in [0.25, 0.3) is 5.56 Å². The molecule has 1 aliphatic rings. The summed E-state index contributed by atoms with van der Waals surface area (Å²) in [6, 6.07) is 9.65. The molecule has 10 nitrogen and oxygen atoms in total. The molecule has 5 rings (SSSR count). The second-order valence-corrected chi connectivity index (χ2v) is 11.8. The van der Waals surface area contributed by atoms with Gasteiger partial charge in [-0.15, -0.1) is 13.2 Å². The number of hydrogen-bond donors (Lipinski definition) is 0. The fourth-order valence-electron chi connectivity index (χ4n) is 5.61. The fraction of sp³-hybridized carbons (Fsp3) is 0.364. The first-order valence-electron chi connectivity index (χ1n) is 15.2. The summed E-state index contributed by atoms with van der Waals surface area (Å²) in [5, 5.41) is -0.412. The quantitative estimate of drug-likeness (QED) is 0.124. The van der Waals surface area contributed by atoms with Crippen LogP contribution < -0.4 is 30.2 Å². The summed E-state index contributed by atoms with van der Waals surface area (Å²) < 4.78 is 102. The number of halogens is 7. The zero-order valence-electron chi connectivity index (χ0n) is 26.4. The summed E-state index contributed by atoms with van der Waals surface area (Å²) in [4.78, 5) is 40.6. The van der Waals surface area contributed by atoms with Gasteiger partial charge in [0.15, 0.2) is 29.2 Å². The highest BCUT2D eigenvalue weighted by Gasteiger charge is 2.32. The Morgan fingerprint density at radius 2 is 1.62 bits per heavy atom. The van der Waals surface area contributed by atoms with E-state index in [-0.39, 0.29) is 40.6 Å². The van der Waals surface area contributed by atoms with E-state index in [1.807, 2.05) is 0 Å². The maximum atomic E-state index is 15.2. The van der Waals surface area contributed by atoms with E-state index in [9.17, 15) is 36.3 Å². The van der Waals surface area contributed by atoms with Gasteiger partial charge < -0.3 is 23.8 Å². The predicted molar refractivity (Wildman–Crippen MR) is 169 cm³/mol. The van der Waals surface area contributed by atoms with Crippen LogP contribution in [0.2, 0.25) is 5.02 Å². The van der Waals surface area contributed by atoms with Crippen molar-refractivity contribution in [2.75, 3.05) is 33.5 Å². The molecule has 1 fully saturated rings. The Balaban J connectivity index is 1.48. The molecule has 0 saturated carbocycles. The molecule has 0 radical (unpaired) electrons. The largest absolute Gasteiger partial charge is 0.573 e. The molecule has 0 unspecified atom stereocenters. The minimum Gasteiger partial charge on any atom is -0.493 e. The highest BCUT2D eigenvalue weighted by molar-refractivity contribution is 6.32. The van der Waals surface area contributed by atoms with E-state index in [1.54, 1.807) is 6.07 Å². The van der Waals surface area contributed by atoms with E-state index >= 15 is 4.39 Å². The number of amides is 1. The third-order valence-electron chi connectivity index (χ3n) is 8.06. The molecule has 3 aromatic carbocycles. The van der Waals surface area contributed by atoms with E-state index < -0.39 is 60.4 Å². The van der Waals surface area contributed by atoms with Gasteiger partial charge in [-0.2, -0.15) is 0 Å². The second kappa shape index (κ2) is 15.4. The maximum absolute atomic E-state index is 15.2. The molecule has 0 N–H and O–H groups in total. The van der Waals surface area contributed by atoms with Crippen LogP contribution in [0.15, 0.2) is 58.1 Å². The zero-order valence-corrected chi connectivity index (χ0v) is 27.1. The lowest BCUT2D eigenvalue weighted by molar-refractivity contribution is -0.274. The number of benzene rings is 3. The number of carbonyl (C=O) groups is 1. The van der Waals surface area contributed by atoms with E-state index in [4.69, 9.17) is 25.8 Å². The van der Waals surface area contributed by atoms with Gasteiger partial charge in [0.2, 0.25) is 6.41 Å².